The summed E-state index contributed by atoms with van der Waals surface area (Å²) in [6, 6.07) is 21.3. The Morgan fingerprint density at radius 2 is 1.42 bits per heavy atom. The molecule has 2 N–H and O–H groups in total. The quantitative estimate of drug-likeness (QED) is 0.529. The second-order valence-corrected chi connectivity index (χ2v) is 14.3. The minimum Gasteiger partial charge on any atom is -0.405 e. The van der Waals surface area contributed by atoms with Gasteiger partial charge in [-0.3, -0.25) is 0 Å². The molecule has 0 saturated carbocycles. The van der Waals surface area contributed by atoms with Gasteiger partial charge in [0, 0.05) is 6.54 Å². The fourth-order valence-corrected chi connectivity index (χ4v) is 9.44. The number of benzene rings is 2. The van der Waals surface area contributed by atoms with Crippen LogP contribution in [0.25, 0.3) is 0 Å². The van der Waals surface area contributed by atoms with Gasteiger partial charge in [0.25, 0.3) is 8.32 Å². The number of epoxide rings is 1. The van der Waals surface area contributed by atoms with Crippen molar-refractivity contribution in [3.05, 3.63) is 60.7 Å². The molecule has 0 spiro atoms. The van der Waals surface area contributed by atoms with Crippen LogP contribution in [0.1, 0.15) is 34.6 Å². The normalized spacial score (nSPS) is 27.9. The summed E-state index contributed by atoms with van der Waals surface area (Å²) in [6.45, 7) is 11.6. The Labute approximate surface area is 187 Å². The van der Waals surface area contributed by atoms with Gasteiger partial charge in [-0.15, -0.1) is 0 Å². The first-order valence-electron chi connectivity index (χ1n) is 11.1. The van der Waals surface area contributed by atoms with E-state index < -0.39 is 14.1 Å². The van der Waals surface area contributed by atoms with Crippen LogP contribution in [0.5, 0.6) is 0 Å². The van der Waals surface area contributed by atoms with Gasteiger partial charge in [0.2, 0.25) is 0 Å². The summed E-state index contributed by atoms with van der Waals surface area (Å²) in [5.41, 5.74) is 5.92. The molecule has 31 heavy (non-hydrogen) atoms. The van der Waals surface area contributed by atoms with E-state index in [1.54, 1.807) is 0 Å². The fourth-order valence-electron chi connectivity index (χ4n) is 4.87. The molecule has 2 aromatic rings. The molecule has 0 aromatic heterocycles. The Hall–Kier alpha value is -1.54. The van der Waals surface area contributed by atoms with E-state index in [1.165, 1.54) is 10.4 Å². The van der Waals surface area contributed by atoms with E-state index in [1.807, 2.05) is 13.8 Å². The standard InChI is InChI=1S/C25H35NO4Si/c1-24(2,3)31(18-12-8-6-9-13-18,19-14-10-7-11-15-19)27-17-21-22(28-21)23-20(16-26)29-25(4,5)30-23/h6-15,20-23H,16-17,26H2,1-5H3/t20-,21+,22+,23+/m0/s1. The third-order valence-corrected chi connectivity index (χ3v) is 11.3. The zero-order valence-corrected chi connectivity index (χ0v) is 20.2. The van der Waals surface area contributed by atoms with Crippen LogP contribution in [0.2, 0.25) is 5.04 Å². The van der Waals surface area contributed by atoms with Gasteiger partial charge in [0.05, 0.1) is 6.61 Å². The second kappa shape index (κ2) is 8.43. The van der Waals surface area contributed by atoms with E-state index >= 15 is 0 Å². The van der Waals surface area contributed by atoms with Crippen LogP contribution in [0.3, 0.4) is 0 Å². The van der Waals surface area contributed by atoms with E-state index in [4.69, 9.17) is 24.4 Å². The molecule has 0 amide bonds. The molecular weight excluding hydrogens is 406 g/mol. The Morgan fingerprint density at radius 1 is 0.871 bits per heavy atom. The van der Waals surface area contributed by atoms with E-state index in [-0.39, 0.29) is 29.5 Å². The molecule has 2 saturated heterocycles. The fraction of sp³-hybridized carbons (Fsp3) is 0.520. The molecule has 4 atom stereocenters. The van der Waals surface area contributed by atoms with Crippen LogP contribution in [0, 0.1) is 0 Å². The molecule has 0 aliphatic carbocycles. The SMILES string of the molecule is CC1(C)O[C@@H]([C@@H]2O[C@@H]2CO[Si](c2ccccc2)(c2ccccc2)C(C)(C)C)[C@H](CN)O1. The topological polar surface area (TPSA) is 66.2 Å². The van der Waals surface area contributed by atoms with Crippen molar-refractivity contribution in [3.8, 4) is 0 Å². The molecule has 168 valence electrons. The molecule has 2 aromatic carbocycles. The van der Waals surface area contributed by atoms with E-state index in [0.29, 0.717) is 13.2 Å². The van der Waals surface area contributed by atoms with Crippen molar-refractivity contribution in [2.45, 2.75) is 69.9 Å². The van der Waals surface area contributed by atoms with Gasteiger partial charge >= 0.3 is 0 Å². The zero-order valence-electron chi connectivity index (χ0n) is 19.2. The summed E-state index contributed by atoms with van der Waals surface area (Å²) in [5, 5.41) is 2.48. The molecule has 0 bridgehead atoms. The largest absolute Gasteiger partial charge is 0.405 e. The van der Waals surface area contributed by atoms with Crippen LogP contribution >= 0.6 is 0 Å². The van der Waals surface area contributed by atoms with Crippen molar-refractivity contribution in [1.82, 2.24) is 0 Å². The lowest BCUT2D eigenvalue weighted by atomic mass is 10.1. The highest BCUT2D eigenvalue weighted by Crippen LogP contribution is 2.41. The lowest BCUT2D eigenvalue weighted by Gasteiger charge is -2.43. The van der Waals surface area contributed by atoms with Gasteiger partial charge in [-0.1, -0.05) is 81.4 Å². The van der Waals surface area contributed by atoms with Crippen molar-refractivity contribution < 1.29 is 18.6 Å². The van der Waals surface area contributed by atoms with Gasteiger partial charge in [-0.2, -0.15) is 0 Å². The summed E-state index contributed by atoms with van der Waals surface area (Å²) < 4.78 is 25.1. The molecule has 0 unspecified atom stereocenters. The van der Waals surface area contributed by atoms with Crippen LogP contribution in [-0.2, 0) is 18.6 Å². The lowest BCUT2D eigenvalue weighted by molar-refractivity contribution is -0.147. The Morgan fingerprint density at radius 3 is 1.90 bits per heavy atom. The summed E-state index contributed by atoms with van der Waals surface area (Å²) in [6.07, 6.45) is -0.377. The number of nitrogens with two attached hydrogens (primary N) is 1. The first kappa shape index (κ1) is 22.6. The Bertz CT molecular complexity index is 829. The molecule has 2 aliphatic rings. The minimum absolute atomic E-state index is 0.0156. The van der Waals surface area contributed by atoms with Crippen molar-refractivity contribution in [3.63, 3.8) is 0 Å². The Balaban J connectivity index is 1.59. The van der Waals surface area contributed by atoms with Crippen LogP contribution in [0.15, 0.2) is 60.7 Å². The number of ether oxygens (including phenoxy) is 3. The third-order valence-electron chi connectivity index (χ3n) is 6.28. The maximum Gasteiger partial charge on any atom is 0.261 e. The minimum atomic E-state index is -2.57. The highest BCUT2D eigenvalue weighted by Gasteiger charge is 2.57. The third kappa shape index (κ3) is 4.38. The maximum absolute atomic E-state index is 6.99. The van der Waals surface area contributed by atoms with Gasteiger partial charge in [0.15, 0.2) is 5.79 Å². The van der Waals surface area contributed by atoms with E-state index in [2.05, 4.69) is 81.4 Å². The van der Waals surface area contributed by atoms with Crippen LogP contribution in [-0.4, -0.2) is 51.7 Å². The molecule has 5 nitrogen and oxygen atoms in total. The van der Waals surface area contributed by atoms with E-state index in [0.717, 1.165) is 0 Å². The molecule has 6 heteroatoms. The van der Waals surface area contributed by atoms with Gasteiger partial charge < -0.3 is 24.4 Å². The molecule has 2 fully saturated rings. The van der Waals surface area contributed by atoms with Crippen molar-refractivity contribution in [1.29, 1.82) is 0 Å². The molecular formula is C25H35NO4Si. The number of rotatable bonds is 7. The summed E-state index contributed by atoms with van der Waals surface area (Å²) in [4.78, 5) is 0. The van der Waals surface area contributed by atoms with Crippen molar-refractivity contribution in [2.75, 3.05) is 13.2 Å². The smallest absolute Gasteiger partial charge is 0.261 e. The second-order valence-electron chi connectivity index (χ2n) is 9.99. The summed E-state index contributed by atoms with van der Waals surface area (Å²) in [7, 11) is -2.57. The molecule has 2 aliphatic heterocycles. The van der Waals surface area contributed by atoms with Crippen LogP contribution in [0.4, 0.5) is 0 Å². The molecule has 2 heterocycles. The lowest BCUT2D eigenvalue weighted by Crippen LogP contribution is -2.66. The Kier molecular flexibility index (Phi) is 6.16. The number of hydrogen-bond acceptors (Lipinski definition) is 5. The van der Waals surface area contributed by atoms with Gasteiger partial charge in [-0.05, 0) is 29.3 Å². The molecule has 4 rings (SSSR count). The maximum atomic E-state index is 6.99. The molecule has 0 radical (unpaired) electrons. The summed E-state index contributed by atoms with van der Waals surface area (Å²) in [5.74, 6) is -0.635. The zero-order chi connectivity index (χ0) is 22.3. The van der Waals surface area contributed by atoms with Crippen molar-refractivity contribution in [2.24, 2.45) is 5.73 Å². The van der Waals surface area contributed by atoms with E-state index in [9.17, 15) is 0 Å². The highest BCUT2D eigenvalue weighted by atomic mass is 28.4. The predicted molar refractivity (Wildman–Crippen MR) is 125 cm³/mol. The van der Waals surface area contributed by atoms with Gasteiger partial charge in [-0.25, -0.2) is 0 Å². The highest BCUT2D eigenvalue weighted by molar-refractivity contribution is 6.99. The van der Waals surface area contributed by atoms with Crippen LogP contribution < -0.4 is 16.1 Å². The average Bonchev–Trinajstić information content (AvgIpc) is 3.44. The van der Waals surface area contributed by atoms with Crippen molar-refractivity contribution >= 4 is 18.7 Å². The average molecular weight is 442 g/mol. The number of hydrogen-bond donors (Lipinski definition) is 1. The summed E-state index contributed by atoms with van der Waals surface area (Å²) >= 11 is 0. The van der Waals surface area contributed by atoms with Gasteiger partial charge in [0.1, 0.15) is 24.4 Å². The predicted octanol–water partition coefficient (Wildman–Crippen LogP) is 2.81. The first-order chi connectivity index (χ1) is 14.7. The monoisotopic (exact) mass is 441 g/mol. The first-order valence-corrected chi connectivity index (χ1v) is 13.0.